The molecule has 1 unspecified atom stereocenters. The first-order valence-corrected chi connectivity index (χ1v) is 8.21. The third-order valence-corrected chi connectivity index (χ3v) is 5.15. The summed E-state index contributed by atoms with van der Waals surface area (Å²) in [7, 11) is 4.17. The molecule has 5 heteroatoms. The number of likely N-dealkylation sites (N-methyl/N-ethyl adjacent to an activating group) is 1. The molecule has 1 saturated carbocycles. The number of likely N-dealkylation sites (tertiary alicyclic amines) is 1. The standard InChI is InChI=1S/C16H31N3O.ClH/c1-18(2)12-14-7-6-10-19(14)15(20)11-16(13-17)8-4-3-5-9-16;/h14H,3-13,17H2,1-2H3;1H. The molecule has 2 N–H and O–H groups in total. The highest BCUT2D eigenvalue weighted by atomic mass is 35.5. The van der Waals surface area contributed by atoms with Crippen molar-refractivity contribution in [1.29, 1.82) is 0 Å². The van der Waals surface area contributed by atoms with Crippen LogP contribution in [0.4, 0.5) is 0 Å². The molecule has 1 saturated heterocycles. The van der Waals surface area contributed by atoms with E-state index in [-0.39, 0.29) is 17.8 Å². The zero-order chi connectivity index (χ0) is 14.6. The van der Waals surface area contributed by atoms with Gasteiger partial charge in [-0.25, -0.2) is 0 Å². The lowest BCUT2D eigenvalue weighted by Crippen LogP contribution is -2.45. The number of amides is 1. The Balaban J connectivity index is 0.00000220. The molecule has 0 spiro atoms. The minimum Gasteiger partial charge on any atom is -0.338 e. The Labute approximate surface area is 135 Å². The molecule has 21 heavy (non-hydrogen) atoms. The van der Waals surface area contributed by atoms with Crippen LogP contribution in [0.5, 0.6) is 0 Å². The second-order valence-electron chi connectivity index (χ2n) is 7.09. The molecule has 2 aliphatic rings. The van der Waals surface area contributed by atoms with Gasteiger partial charge in [-0.3, -0.25) is 4.79 Å². The summed E-state index contributed by atoms with van der Waals surface area (Å²) in [6.07, 6.45) is 9.05. The lowest BCUT2D eigenvalue weighted by molar-refractivity contribution is -0.135. The Hall–Kier alpha value is -0.320. The topological polar surface area (TPSA) is 49.6 Å². The van der Waals surface area contributed by atoms with Crippen molar-refractivity contribution in [3.05, 3.63) is 0 Å². The summed E-state index contributed by atoms with van der Waals surface area (Å²) in [4.78, 5) is 17.0. The normalized spacial score (nSPS) is 25.0. The summed E-state index contributed by atoms with van der Waals surface area (Å²) in [5.74, 6) is 0.349. The van der Waals surface area contributed by atoms with Crippen molar-refractivity contribution < 1.29 is 4.79 Å². The van der Waals surface area contributed by atoms with Crippen molar-refractivity contribution >= 4 is 18.3 Å². The maximum atomic E-state index is 12.7. The molecule has 4 nitrogen and oxygen atoms in total. The van der Waals surface area contributed by atoms with Gasteiger partial charge in [0.05, 0.1) is 0 Å². The minimum atomic E-state index is 0. The molecule has 124 valence electrons. The van der Waals surface area contributed by atoms with Gasteiger partial charge in [-0.1, -0.05) is 19.3 Å². The Morgan fingerprint density at radius 1 is 1.24 bits per heavy atom. The summed E-state index contributed by atoms with van der Waals surface area (Å²) in [6, 6.07) is 0.413. The van der Waals surface area contributed by atoms with E-state index in [4.69, 9.17) is 5.73 Å². The lowest BCUT2D eigenvalue weighted by Gasteiger charge is -2.38. The van der Waals surface area contributed by atoms with Gasteiger partial charge in [0.15, 0.2) is 0 Å². The van der Waals surface area contributed by atoms with Crippen molar-refractivity contribution in [1.82, 2.24) is 9.80 Å². The van der Waals surface area contributed by atoms with Crippen molar-refractivity contribution in [3.8, 4) is 0 Å². The van der Waals surface area contributed by atoms with Crippen molar-refractivity contribution in [2.24, 2.45) is 11.1 Å². The van der Waals surface area contributed by atoms with E-state index < -0.39 is 0 Å². The molecule has 0 radical (unpaired) electrons. The smallest absolute Gasteiger partial charge is 0.223 e. The van der Waals surface area contributed by atoms with Gasteiger partial charge in [0.1, 0.15) is 0 Å². The lowest BCUT2D eigenvalue weighted by atomic mass is 9.71. The Bertz CT molecular complexity index is 329. The molecule has 0 aromatic heterocycles. The number of nitrogens with two attached hydrogens (primary N) is 1. The molecule has 0 bridgehead atoms. The van der Waals surface area contributed by atoms with Crippen LogP contribution in [0.1, 0.15) is 51.4 Å². The largest absolute Gasteiger partial charge is 0.338 e. The zero-order valence-electron chi connectivity index (χ0n) is 13.6. The fourth-order valence-corrected chi connectivity index (χ4v) is 3.95. The maximum Gasteiger partial charge on any atom is 0.223 e. The highest BCUT2D eigenvalue weighted by Gasteiger charge is 2.37. The highest BCUT2D eigenvalue weighted by molar-refractivity contribution is 5.85. The Morgan fingerprint density at radius 3 is 2.48 bits per heavy atom. The molecule has 1 heterocycles. The number of rotatable bonds is 5. The van der Waals surface area contributed by atoms with Gasteiger partial charge in [0.25, 0.3) is 0 Å². The molecule has 0 aromatic rings. The van der Waals surface area contributed by atoms with E-state index in [1.165, 1.54) is 19.3 Å². The predicted octanol–water partition coefficient (Wildman–Crippen LogP) is 2.26. The van der Waals surface area contributed by atoms with Crippen LogP contribution in [0.2, 0.25) is 0 Å². The molecule has 2 fully saturated rings. The van der Waals surface area contributed by atoms with E-state index in [1.54, 1.807) is 0 Å². The SMILES string of the molecule is CN(C)CC1CCCN1C(=O)CC1(CN)CCCCC1.Cl. The van der Waals surface area contributed by atoms with Crippen LogP contribution >= 0.6 is 12.4 Å². The summed E-state index contributed by atoms with van der Waals surface area (Å²) in [6.45, 7) is 2.60. The summed E-state index contributed by atoms with van der Waals surface area (Å²) in [5, 5.41) is 0. The van der Waals surface area contributed by atoms with Gasteiger partial charge in [-0.15, -0.1) is 12.4 Å². The van der Waals surface area contributed by atoms with Gasteiger partial charge in [0, 0.05) is 25.6 Å². The van der Waals surface area contributed by atoms with E-state index >= 15 is 0 Å². The summed E-state index contributed by atoms with van der Waals surface area (Å²) in [5.41, 5.74) is 6.12. The number of carbonyl (C=O) groups is 1. The average Bonchev–Trinajstić information content (AvgIpc) is 2.87. The van der Waals surface area contributed by atoms with Crippen molar-refractivity contribution in [2.75, 3.05) is 33.7 Å². The van der Waals surface area contributed by atoms with E-state index in [2.05, 4.69) is 23.9 Å². The van der Waals surface area contributed by atoms with E-state index in [0.29, 0.717) is 24.9 Å². The van der Waals surface area contributed by atoms with Gasteiger partial charge in [-0.05, 0) is 51.7 Å². The summed E-state index contributed by atoms with van der Waals surface area (Å²) >= 11 is 0. The van der Waals surface area contributed by atoms with Crippen LogP contribution in [0, 0.1) is 5.41 Å². The molecule has 1 amide bonds. The molecule has 0 aromatic carbocycles. The van der Waals surface area contributed by atoms with Crippen molar-refractivity contribution in [3.63, 3.8) is 0 Å². The molecular formula is C16H32ClN3O. The van der Waals surface area contributed by atoms with Crippen LogP contribution in [0.15, 0.2) is 0 Å². The molecule has 1 atom stereocenters. The Kier molecular flexibility index (Phi) is 7.45. The predicted molar refractivity (Wildman–Crippen MR) is 89.7 cm³/mol. The first-order chi connectivity index (χ1) is 9.56. The van der Waals surface area contributed by atoms with Crippen LogP contribution in [0.25, 0.3) is 0 Å². The minimum absolute atomic E-state index is 0. The van der Waals surface area contributed by atoms with E-state index in [0.717, 1.165) is 38.8 Å². The van der Waals surface area contributed by atoms with E-state index in [1.807, 2.05) is 0 Å². The highest BCUT2D eigenvalue weighted by Crippen LogP contribution is 2.39. The molecule has 2 rings (SSSR count). The van der Waals surface area contributed by atoms with Crippen LogP contribution in [-0.4, -0.2) is 55.5 Å². The molecule has 1 aliphatic heterocycles. The number of nitrogens with zero attached hydrogens (tertiary/aromatic N) is 2. The number of halogens is 1. The monoisotopic (exact) mass is 317 g/mol. The maximum absolute atomic E-state index is 12.7. The summed E-state index contributed by atoms with van der Waals surface area (Å²) < 4.78 is 0. The fraction of sp³-hybridized carbons (Fsp3) is 0.938. The van der Waals surface area contributed by atoms with Gasteiger partial charge >= 0.3 is 0 Å². The first-order valence-electron chi connectivity index (χ1n) is 8.21. The second kappa shape index (κ2) is 8.35. The number of hydrogen-bond acceptors (Lipinski definition) is 3. The molecular weight excluding hydrogens is 286 g/mol. The third kappa shape index (κ3) is 4.83. The zero-order valence-corrected chi connectivity index (χ0v) is 14.5. The number of carbonyl (C=O) groups excluding carboxylic acids is 1. The fourth-order valence-electron chi connectivity index (χ4n) is 3.95. The third-order valence-electron chi connectivity index (χ3n) is 5.15. The first kappa shape index (κ1) is 18.7. The van der Waals surface area contributed by atoms with Crippen LogP contribution in [0.3, 0.4) is 0 Å². The number of hydrogen-bond donors (Lipinski definition) is 1. The molecule has 1 aliphatic carbocycles. The van der Waals surface area contributed by atoms with Crippen LogP contribution < -0.4 is 5.73 Å². The quantitative estimate of drug-likeness (QED) is 0.846. The van der Waals surface area contributed by atoms with Gasteiger partial charge in [0.2, 0.25) is 5.91 Å². The van der Waals surface area contributed by atoms with Gasteiger partial charge in [-0.2, -0.15) is 0 Å². The second-order valence-corrected chi connectivity index (χ2v) is 7.09. The Morgan fingerprint density at radius 2 is 1.90 bits per heavy atom. The van der Waals surface area contributed by atoms with E-state index in [9.17, 15) is 4.79 Å². The van der Waals surface area contributed by atoms with Crippen LogP contribution in [-0.2, 0) is 4.79 Å². The van der Waals surface area contributed by atoms with Crippen molar-refractivity contribution in [2.45, 2.75) is 57.4 Å². The van der Waals surface area contributed by atoms with Gasteiger partial charge < -0.3 is 15.5 Å². The average molecular weight is 318 g/mol.